The number of aromatic nitrogens is 1. The summed E-state index contributed by atoms with van der Waals surface area (Å²) in [6, 6.07) is 18.4. The van der Waals surface area contributed by atoms with E-state index in [1.165, 1.54) is 15.8 Å². The second kappa shape index (κ2) is 11.7. The summed E-state index contributed by atoms with van der Waals surface area (Å²) in [5.41, 5.74) is 1.60. The summed E-state index contributed by atoms with van der Waals surface area (Å²) in [5, 5.41) is 4.55. The molecule has 1 fully saturated rings. The van der Waals surface area contributed by atoms with Crippen molar-refractivity contribution in [3.8, 4) is 11.6 Å². The first kappa shape index (κ1) is 26.4. The van der Waals surface area contributed by atoms with Crippen LogP contribution >= 0.6 is 11.3 Å². The molecule has 2 aromatic heterocycles. The Kier molecular flexibility index (Phi) is 8.15. The van der Waals surface area contributed by atoms with Gasteiger partial charge in [0.2, 0.25) is 5.88 Å². The van der Waals surface area contributed by atoms with Crippen LogP contribution in [0.25, 0.3) is 21.0 Å². The lowest BCUT2D eigenvalue weighted by molar-refractivity contribution is -0.144. The number of benzene rings is 2. The van der Waals surface area contributed by atoms with Crippen molar-refractivity contribution in [3.63, 3.8) is 0 Å². The van der Waals surface area contributed by atoms with Crippen LogP contribution in [-0.2, 0) is 4.79 Å². The van der Waals surface area contributed by atoms with Gasteiger partial charge < -0.3 is 14.4 Å². The van der Waals surface area contributed by atoms with Crippen molar-refractivity contribution in [1.29, 1.82) is 0 Å². The predicted molar refractivity (Wildman–Crippen MR) is 157 cm³/mol. The molecule has 1 saturated heterocycles. The average molecular weight is 532 g/mol. The second-order valence-corrected chi connectivity index (χ2v) is 11.6. The maximum Gasteiger partial charge on any atom is 0.318 e. The third-order valence-electron chi connectivity index (χ3n) is 7.59. The number of pyridine rings is 1. The first-order valence-electron chi connectivity index (χ1n) is 13.6. The Bertz CT molecular complexity index is 1390. The number of hydrogen-bond acceptors (Lipinski definition) is 7. The summed E-state index contributed by atoms with van der Waals surface area (Å²) in [5.74, 6) is 0.854. The van der Waals surface area contributed by atoms with Gasteiger partial charge in [-0.1, -0.05) is 13.0 Å². The summed E-state index contributed by atoms with van der Waals surface area (Å²) in [6.45, 7) is 11.9. The van der Waals surface area contributed by atoms with Crippen molar-refractivity contribution in [1.82, 2.24) is 9.88 Å². The van der Waals surface area contributed by atoms with Gasteiger partial charge in [0.1, 0.15) is 5.75 Å². The van der Waals surface area contributed by atoms with Gasteiger partial charge in [0.15, 0.2) is 0 Å². The van der Waals surface area contributed by atoms with Crippen LogP contribution in [0.15, 0.2) is 60.0 Å². The highest BCUT2D eigenvalue weighted by atomic mass is 32.1. The summed E-state index contributed by atoms with van der Waals surface area (Å²) in [6.07, 6.45) is 2.82. The van der Waals surface area contributed by atoms with Gasteiger partial charge in [-0.15, -0.1) is 11.3 Å². The summed E-state index contributed by atoms with van der Waals surface area (Å²) in [7, 11) is 0. The van der Waals surface area contributed by atoms with Crippen molar-refractivity contribution in [2.75, 3.05) is 44.2 Å². The second-order valence-electron chi connectivity index (χ2n) is 10.6. The average Bonchev–Trinajstić information content (AvgIpc) is 3.42. The van der Waals surface area contributed by atoms with Crippen molar-refractivity contribution in [3.05, 3.63) is 60.0 Å². The van der Waals surface area contributed by atoms with E-state index in [4.69, 9.17) is 9.47 Å². The van der Waals surface area contributed by atoms with E-state index in [0.29, 0.717) is 18.9 Å². The number of piperazine rings is 1. The number of carbonyl (C=O) groups excluding carboxylic acids is 1. The van der Waals surface area contributed by atoms with E-state index in [0.717, 1.165) is 62.2 Å². The van der Waals surface area contributed by atoms with Gasteiger partial charge in [-0.25, -0.2) is 4.98 Å². The molecule has 0 saturated carbocycles. The summed E-state index contributed by atoms with van der Waals surface area (Å²) >= 11 is 1.81. The fourth-order valence-electron chi connectivity index (χ4n) is 4.70. The highest BCUT2D eigenvalue weighted by molar-refractivity contribution is 7.17. The molecule has 6 nitrogen and oxygen atoms in total. The molecule has 5 rings (SSSR count). The molecule has 200 valence electrons. The van der Waals surface area contributed by atoms with Crippen LogP contribution in [0.3, 0.4) is 0 Å². The molecule has 4 aromatic rings. The minimum Gasteiger partial charge on any atom is -0.494 e. The Balaban J connectivity index is 1.06. The SMILES string of the molecule is CCC(C)(C)C(=O)Oc1ccc2ccc(OCCCCN3CCN(c4cccc5sccc45)CC3)cc2n1. The monoisotopic (exact) mass is 531 g/mol. The number of ether oxygens (including phenoxy) is 2. The number of nitrogens with zero attached hydrogens (tertiary/aromatic N) is 3. The number of thiophene rings is 1. The Labute approximate surface area is 229 Å². The van der Waals surface area contributed by atoms with Gasteiger partial charge >= 0.3 is 5.97 Å². The molecule has 0 spiro atoms. The van der Waals surface area contributed by atoms with Gasteiger partial charge in [-0.2, -0.15) is 0 Å². The summed E-state index contributed by atoms with van der Waals surface area (Å²) in [4.78, 5) is 22.0. The minimum absolute atomic E-state index is 0.263. The van der Waals surface area contributed by atoms with E-state index in [1.807, 2.05) is 56.4 Å². The molecule has 0 amide bonds. The Morgan fingerprint density at radius 3 is 2.66 bits per heavy atom. The first-order valence-corrected chi connectivity index (χ1v) is 14.5. The molecule has 1 aliphatic rings. The standard InChI is InChI=1S/C31H37N3O3S/c1-4-31(2,3)30(35)37-29-13-11-23-10-12-24(22-26(23)32-29)36-20-6-5-15-33-16-18-34(19-17-33)27-8-7-9-28-25(27)14-21-38-28/h7-14,21-22H,4-6,15-20H2,1-3H3. The van der Waals surface area contributed by atoms with Crippen molar-refractivity contribution >= 4 is 44.0 Å². The van der Waals surface area contributed by atoms with Gasteiger partial charge in [0.25, 0.3) is 0 Å². The molecule has 0 radical (unpaired) electrons. The van der Waals surface area contributed by atoms with Gasteiger partial charge in [-0.05, 0) is 81.4 Å². The fourth-order valence-corrected chi connectivity index (χ4v) is 5.50. The third kappa shape index (κ3) is 6.11. The quantitative estimate of drug-likeness (QED) is 0.166. The zero-order valence-corrected chi connectivity index (χ0v) is 23.4. The number of anilines is 1. The zero-order chi connectivity index (χ0) is 26.5. The number of rotatable bonds is 10. The lowest BCUT2D eigenvalue weighted by Gasteiger charge is -2.36. The Morgan fingerprint density at radius 2 is 1.84 bits per heavy atom. The van der Waals surface area contributed by atoms with E-state index < -0.39 is 5.41 Å². The van der Waals surface area contributed by atoms with E-state index in [1.54, 1.807) is 6.07 Å². The van der Waals surface area contributed by atoms with E-state index in [2.05, 4.69) is 44.4 Å². The van der Waals surface area contributed by atoms with Crippen LogP contribution in [0.1, 0.15) is 40.0 Å². The number of hydrogen-bond donors (Lipinski definition) is 0. The largest absolute Gasteiger partial charge is 0.494 e. The molecule has 3 heterocycles. The van der Waals surface area contributed by atoms with E-state index in [-0.39, 0.29) is 5.97 Å². The molecule has 0 N–H and O–H groups in total. The molecule has 38 heavy (non-hydrogen) atoms. The van der Waals surface area contributed by atoms with Crippen LogP contribution in [-0.4, -0.2) is 55.2 Å². The van der Waals surface area contributed by atoms with Crippen molar-refractivity contribution in [2.45, 2.75) is 40.0 Å². The van der Waals surface area contributed by atoms with E-state index in [9.17, 15) is 4.79 Å². The molecule has 0 bridgehead atoms. The minimum atomic E-state index is -0.534. The molecule has 1 aliphatic heterocycles. The Hall–Kier alpha value is -3.16. The van der Waals surface area contributed by atoms with Crippen LogP contribution in [0.2, 0.25) is 0 Å². The topological polar surface area (TPSA) is 54.9 Å². The number of unbranched alkanes of at least 4 members (excludes halogenated alkanes) is 1. The van der Waals surface area contributed by atoms with Crippen LogP contribution in [0.5, 0.6) is 11.6 Å². The highest BCUT2D eigenvalue weighted by Gasteiger charge is 2.28. The lowest BCUT2D eigenvalue weighted by atomic mass is 9.91. The number of fused-ring (bicyclic) bond motifs is 2. The zero-order valence-electron chi connectivity index (χ0n) is 22.6. The predicted octanol–water partition coefficient (Wildman–Crippen LogP) is 6.77. The van der Waals surface area contributed by atoms with Crippen molar-refractivity contribution < 1.29 is 14.3 Å². The molecule has 7 heteroatoms. The van der Waals surface area contributed by atoms with Crippen molar-refractivity contribution in [2.24, 2.45) is 5.41 Å². The Morgan fingerprint density at radius 1 is 1.03 bits per heavy atom. The van der Waals surface area contributed by atoms with Gasteiger partial charge in [0.05, 0.1) is 17.5 Å². The maximum atomic E-state index is 12.4. The molecular formula is C31H37N3O3S. The number of esters is 1. The fraction of sp³-hybridized carbons (Fsp3) is 0.419. The van der Waals surface area contributed by atoms with E-state index >= 15 is 0 Å². The third-order valence-corrected chi connectivity index (χ3v) is 8.48. The smallest absolute Gasteiger partial charge is 0.318 e. The van der Waals surface area contributed by atoms with Crippen LogP contribution in [0.4, 0.5) is 5.69 Å². The molecule has 0 atom stereocenters. The molecule has 0 aliphatic carbocycles. The lowest BCUT2D eigenvalue weighted by Crippen LogP contribution is -2.46. The van der Waals surface area contributed by atoms with Crippen LogP contribution < -0.4 is 14.4 Å². The van der Waals surface area contributed by atoms with Crippen LogP contribution in [0, 0.1) is 5.41 Å². The maximum absolute atomic E-state index is 12.4. The number of carbonyl (C=O) groups is 1. The molecule has 0 unspecified atom stereocenters. The normalized spacial score (nSPS) is 14.8. The summed E-state index contributed by atoms with van der Waals surface area (Å²) < 4.78 is 12.9. The van der Waals surface area contributed by atoms with Gasteiger partial charge in [-0.3, -0.25) is 9.69 Å². The first-order chi connectivity index (χ1) is 18.4. The molecular weight excluding hydrogens is 494 g/mol. The van der Waals surface area contributed by atoms with Gasteiger partial charge in [0, 0.05) is 59.5 Å². The molecule has 2 aromatic carbocycles. The highest BCUT2D eigenvalue weighted by Crippen LogP contribution is 2.31.